The number of nitrogens with zero attached hydrogens (tertiary/aromatic N) is 3. The molecule has 2 aromatic rings. The SMILES string of the molecule is CCNC(=NCC(C)Cn1cccn1)NCCc1cccc(Cl)c1.I. The first-order chi connectivity index (χ1) is 11.7. The summed E-state index contributed by atoms with van der Waals surface area (Å²) in [4.78, 5) is 4.67. The second kappa shape index (κ2) is 12.1. The van der Waals surface area contributed by atoms with Crippen LogP contribution in [0.1, 0.15) is 19.4 Å². The van der Waals surface area contributed by atoms with Crippen LogP contribution in [0.5, 0.6) is 0 Å². The van der Waals surface area contributed by atoms with Crippen molar-refractivity contribution < 1.29 is 0 Å². The molecular formula is C18H27ClIN5. The van der Waals surface area contributed by atoms with Crippen LogP contribution in [-0.2, 0) is 13.0 Å². The first-order valence-electron chi connectivity index (χ1n) is 8.41. The molecule has 1 aromatic heterocycles. The summed E-state index contributed by atoms with van der Waals surface area (Å²) in [5.41, 5.74) is 1.22. The largest absolute Gasteiger partial charge is 0.357 e. The third kappa shape index (κ3) is 8.58. The van der Waals surface area contributed by atoms with E-state index in [-0.39, 0.29) is 24.0 Å². The standard InChI is InChI=1S/C18H26ClN5.HI/c1-3-20-18(21-10-8-16-6-4-7-17(19)12-16)22-13-15(2)14-24-11-5-9-23-24;/h4-7,9,11-12,15H,3,8,10,13-14H2,1-2H3,(H2,20,21,22);1H. The highest BCUT2D eigenvalue weighted by atomic mass is 127. The number of hydrogen-bond donors (Lipinski definition) is 2. The van der Waals surface area contributed by atoms with Crippen molar-refractivity contribution in [1.82, 2.24) is 20.4 Å². The predicted octanol–water partition coefficient (Wildman–Crippen LogP) is 3.59. The second-order valence-corrected chi connectivity index (χ2v) is 6.30. The fourth-order valence-corrected chi connectivity index (χ4v) is 2.60. The summed E-state index contributed by atoms with van der Waals surface area (Å²) in [5.74, 6) is 1.28. The molecule has 0 amide bonds. The minimum Gasteiger partial charge on any atom is -0.357 e. The zero-order valence-electron chi connectivity index (χ0n) is 14.8. The van der Waals surface area contributed by atoms with Crippen LogP contribution in [0.25, 0.3) is 0 Å². The van der Waals surface area contributed by atoms with Crippen LogP contribution in [0.2, 0.25) is 5.02 Å². The lowest BCUT2D eigenvalue weighted by molar-refractivity contribution is 0.458. The Kier molecular flexibility index (Phi) is 10.6. The van der Waals surface area contributed by atoms with Crippen LogP contribution in [-0.4, -0.2) is 35.4 Å². The van der Waals surface area contributed by atoms with E-state index in [1.165, 1.54) is 5.56 Å². The van der Waals surface area contributed by atoms with Crippen molar-refractivity contribution in [2.75, 3.05) is 19.6 Å². The lowest BCUT2D eigenvalue weighted by atomic mass is 10.1. The summed E-state index contributed by atoms with van der Waals surface area (Å²) in [6, 6.07) is 9.90. The third-order valence-electron chi connectivity index (χ3n) is 3.56. The predicted molar refractivity (Wildman–Crippen MR) is 116 cm³/mol. The van der Waals surface area contributed by atoms with E-state index in [0.29, 0.717) is 5.92 Å². The molecule has 0 aliphatic rings. The fraction of sp³-hybridized carbons (Fsp3) is 0.444. The first-order valence-corrected chi connectivity index (χ1v) is 8.79. The fourth-order valence-electron chi connectivity index (χ4n) is 2.39. The lowest BCUT2D eigenvalue weighted by Crippen LogP contribution is -2.38. The van der Waals surface area contributed by atoms with Gasteiger partial charge in [-0.05, 0) is 43.0 Å². The number of nitrogens with one attached hydrogen (secondary N) is 2. The molecular weight excluding hydrogens is 449 g/mol. The van der Waals surface area contributed by atoms with Crippen LogP contribution in [0, 0.1) is 5.92 Å². The molecule has 0 aliphatic carbocycles. The van der Waals surface area contributed by atoms with Crippen molar-refractivity contribution in [2.45, 2.75) is 26.8 Å². The van der Waals surface area contributed by atoms with Gasteiger partial charge in [0.25, 0.3) is 0 Å². The molecule has 0 fully saturated rings. The number of rotatable bonds is 8. The number of benzene rings is 1. The molecule has 0 aliphatic heterocycles. The zero-order chi connectivity index (χ0) is 17.2. The maximum absolute atomic E-state index is 6.02. The van der Waals surface area contributed by atoms with Crippen molar-refractivity contribution in [3.63, 3.8) is 0 Å². The number of halogens is 2. The normalized spacial score (nSPS) is 12.4. The molecule has 5 nitrogen and oxygen atoms in total. The quantitative estimate of drug-likeness (QED) is 0.349. The Balaban J connectivity index is 0.00000312. The maximum Gasteiger partial charge on any atom is 0.191 e. The topological polar surface area (TPSA) is 54.2 Å². The highest BCUT2D eigenvalue weighted by Gasteiger charge is 2.04. The van der Waals surface area contributed by atoms with E-state index in [9.17, 15) is 0 Å². The van der Waals surface area contributed by atoms with Gasteiger partial charge < -0.3 is 10.6 Å². The van der Waals surface area contributed by atoms with Gasteiger partial charge in [0, 0.05) is 43.6 Å². The van der Waals surface area contributed by atoms with Crippen molar-refractivity contribution in [1.29, 1.82) is 0 Å². The summed E-state index contributed by atoms with van der Waals surface area (Å²) in [6.45, 7) is 7.54. The molecule has 2 N–H and O–H groups in total. The molecule has 1 atom stereocenters. The van der Waals surface area contributed by atoms with Gasteiger partial charge in [-0.2, -0.15) is 5.10 Å². The van der Waals surface area contributed by atoms with Crippen molar-refractivity contribution in [2.24, 2.45) is 10.9 Å². The van der Waals surface area contributed by atoms with E-state index in [4.69, 9.17) is 11.6 Å². The molecule has 1 heterocycles. The molecule has 0 radical (unpaired) electrons. The first kappa shape index (κ1) is 21.8. The molecule has 1 aromatic carbocycles. The molecule has 2 rings (SSSR count). The summed E-state index contributed by atoms with van der Waals surface area (Å²) >= 11 is 6.02. The van der Waals surface area contributed by atoms with Gasteiger partial charge in [0.05, 0.1) is 0 Å². The summed E-state index contributed by atoms with van der Waals surface area (Å²) in [6.07, 6.45) is 4.69. The zero-order valence-corrected chi connectivity index (χ0v) is 17.9. The maximum atomic E-state index is 6.02. The number of aliphatic imine (C=N–C) groups is 1. The molecule has 7 heteroatoms. The molecule has 0 saturated heterocycles. The van der Waals surface area contributed by atoms with Crippen LogP contribution in [0.3, 0.4) is 0 Å². The summed E-state index contributed by atoms with van der Waals surface area (Å²) in [5, 5.41) is 11.7. The Hall–Kier alpha value is -1.28. The van der Waals surface area contributed by atoms with Crippen LogP contribution < -0.4 is 10.6 Å². The van der Waals surface area contributed by atoms with E-state index in [0.717, 1.165) is 43.6 Å². The van der Waals surface area contributed by atoms with Crippen molar-refractivity contribution in [3.05, 3.63) is 53.3 Å². The van der Waals surface area contributed by atoms with E-state index >= 15 is 0 Å². The smallest absolute Gasteiger partial charge is 0.191 e. The van der Waals surface area contributed by atoms with E-state index in [1.807, 2.05) is 35.1 Å². The van der Waals surface area contributed by atoms with Crippen molar-refractivity contribution >= 4 is 41.5 Å². The molecule has 25 heavy (non-hydrogen) atoms. The summed E-state index contributed by atoms with van der Waals surface area (Å²) < 4.78 is 1.94. The van der Waals surface area contributed by atoms with E-state index < -0.39 is 0 Å². The van der Waals surface area contributed by atoms with Crippen molar-refractivity contribution in [3.8, 4) is 0 Å². The number of aromatic nitrogens is 2. The summed E-state index contributed by atoms with van der Waals surface area (Å²) in [7, 11) is 0. The minimum atomic E-state index is 0. The molecule has 0 bridgehead atoms. The van der Waals surface area contributed by atoms with Gasteiger partial charge >= 0.3 is 0 Å². The Morgan fingerprint density at radius 1 is 1.32 bits per heavy atom. The van der Waals surface area contributed by atoms with Gasteiger partial charge in [-0.3, -0.25) is 9.67 Å². The third-order valence-corrected chi connectivity index (χ3v) is 3.79. The Morgan fingerprint density at radius 2 is 2.16 bits per heavy atom. The average molecular weight is 476 g/mol. The van der Waals surface area contributed by atoms with Gasteiger partial charge in [0.15, 0.2) is 5.96 Å². The van der Waals surface area contributed by atoms with Crippen LogP contribution in [0.15, 0.2) is 47.7 Å². The van der Waals surface area contributed by atoms with Gasteiger partial charge in [-0.25, -0.2) is 0 Å². The molecule has 0 saturated carbocycles. The average Bonchev–Trinajstić information content (AvgIpc) is 3.05. The monoisotopic (exact) mass is 475 g/mol. The van der Waals surface area contributed by atoms with E-state index in [2.05, 4.69) is 40.6 Å². The second-order valence-electron chi connectivity index (χ2n) is 5.86. The molecule has 138 valence electrons. The van der Waals surface area contributed by atoms with Crippen LogP contribution in [0.4, 0.5) is 0 Å². The number of guanidine groups is 1. The van der Waals surface area contributed by atoms with Gasteiger partial charge in [0.1, 0.15) is 0 Å². The number of hydrogen-bond acceptors (Lipinski definition) is 2. The van der Waals surface area contributed by atoms with Crippen LogP contribution >= 0.6 is 35.6 Å². The highest BCUT2D eigenvalue weighted by Crippen LogP contribution is 2.10. The highest BCUT2D eigenvalue weighted by molar-refractivity contribution is 14.0. The van der Waals surface area contributed by atoms with Gasteiger partial charge in [-0.15, -0.1) is 24.0 Å². The Morgan fingerprint density at radius 3 is 2.84 bits per heavy atom. The molecule has 0 spiro atoms. The van der Waals surface area contributed by atoms with E-state index in [1.54, 1.807) is 6.20 Å². The molecule has 1 unspecified atom stereocenters. The Labute approximate surface area is 172 Å². The van der Waals surface area contributed by atoms with Gasteiger partial charge in [0.2, 0.25) is 0 Å². The minimum absolute atomic E-state index is 0. The lowest BCUT2D eigenvalue weighted by Gasteiger charge is -2.13. The Bertz CT molecular complexity index is 630. The van der Waals surface area contributed by atoms with Gasteiger partial charge in [-0.1, -0.05) is 30.7 Å².